The van der Waals surface area contributed by atoms with Crippen molar-refractivity contribution >= 4 is 17.2 Å². The van der Waals surface area contributed by atoms with Crippen molar-refractivity contribution in [2.75, 3.05) is 6.61 Å². The molecular formula is C6H10NO4S-. The zero-order chi connectivity index (χ0) is 9.56. The van der Waals surface area contributed by atoms with Gasteiger partial charge in [0.25, 0.3) is 0 Å². The quantitative estimate of drug-likeness (QED) is 0.373. The molecule has 70 valence electrons. The lowest BCUT2D eigenvalue weighted by Crippen LogP contribution is -2.23. The van der Waals surface area contributed by atoms with E-state index < -0.39 is 17.2 Å². The first kappa shape index (κ1) is 11.1. The van der Waals surface area contributed by atoms with Crippen LogP contribution in [-0.2, 0) is 20.8 Å². The molecule has 1 atom stereocenters. The highest BCUT2D eigenvalue weighted by atomic mass is 32.2. The van der Waals surface area contributed by atoms with E-state index in [-0.39, 0.29) is 12.3 Å². The van der Waals surface area contributed by atoms with Gasteiger partial charge in [0.2, 0.25) is 0 Å². The molecule has 0 saturated carbocycles. The minimum Gasteiger partial charge on any atom is -0.755 e. The summed E-state index contributed by atoms with van der Waals surface area (Å²) >= 11 is -2.52. The Labute approximate surface area is 73.2 Å². The third kappa shape index (κ3) is 4.86. The first-order valence-corrected chi connectivity index (χ1v) is 4.37. The highest BCUT2D eigenvalue weighted by molar-refractivity contribution is 7.77. The van der Waals surface area contributed by atoms with Gasteiger partial charge in [-0.15, -0.1) is 0 Å². The second kappa shape index (κ2) is 5.73. The molecule has 0 aromatic rings. The Hall–Kier alpha value is -0.880. The lowest BCUT2D eigenvalue weighted by molar-refractivity contribution is -0.139. The van der Waals surface area contributed by atoms with Crippen molar-refractivity contribution in [2.24, 2.45) is 0 Å². The summed E-state index contributed by atoms with van der Waals surface area (Å²) in [5, 5.41) is 0. The van der Waals surface area contributed by atoms with Gasteiger partial charge in [0.1, 0.15) is 5.70 Å². The Kier molecular flexibility index (Phi) is 5.31. The minimum atomic E-state index is -2.52. The van der Waals surface area contributed by atoms with Crippen LogP contribution in [0.4, 0.5) is 0 Å². The number of carbonyl (C=O) groups excluding carboxylic acids is 1. The Morgan fingerprint density at radius 1 is 1.75 bits per heavy atom. The molecule has 1 unspecified atom stereocenters. The fraction of sp³-hybridized carbons (Fsp3) is 0.500. The van der Waals surface area contributed by atoms with Crippen molar-refractivity contribution in [3.05, 3.63) is 12.3 Å². The second-order valence-corrected chi connectivity index (χ2v) is 2.62. The summed E-state index contributed by atoms with van der Waals surface area (Å²) in [6.45, 7) is 5.25. The molecule has 0 amide bonds. The molecule has 1 N–H and O–H groups in total. The molecule has 0 aromatic heterocycles. The maximum absolute atomic E-state index is 10.8. The van der Waals surface area contributed by atoms with Crippen LogP contribution in [0.1, 0.15) is 13.3 Å². The summed E-state index contributed by atoms with van der Waals surface area (Å²) in [6.07, 6.45) is 0.680. The number of hydrogen-bond donors (Lipinski definition) is 1. The molecule has 6 heteroatoms. The first-order valence-electron chi connectivity index (χ1n) is 3.30. The lowest BCUT2D eigenvalue weighted by Gasteiger charge is -2.09. The van der Waals surface area contributed by atoms with E-state index in [0.717, 1.165) is 0 Å². The molecule has 0 bridgehead atoms. The average molecular weight is 192 g/mol. The first-order chi connectivity index (χ1) is 5.57. The molecule has 0 radical (unpaired) electrons. The largest absolute Gasteiger partial charge is 0.755 e. The summed E-state index contributed by atoms with van der Waals surface area (Å²) in [6, 6.07) is 0. The molecule has 0 rings (SSSR count). The number of esters is 1. The normalized spacial score (nSPS) is 11.8. The van der Waals surface area contributed by atoms with Crippen molar-refractivity contribution in [2.45, 2.75) is 13.3 Å². The minimum absolute atomic E-state index is 0.255. The zero-order valence-electron chi connectivity index (χ0n) is 6.66. The zero-order valence-corrected chi connectivity index (χ0v) is 7.48. The summed E-state index contributed by atoms with van der Waals surface area (Å²) < 4.78 is 26.4. The molecule has 0 aliphatic rings. The van der Waals surface area contributed by atoms with Crippen molar-refractivity contribution < 1.29 is 18.3 Å². The van der Waals surface area contributed by atoms with E-state index >= 15 is 0 Å². The van der Waals surface area contributed by atoms with Crippen LogP contribution in [0.15, 0.2) is 12.3 Å². The van der Waals surface area contributed by atoms with Gasteiger partial charge in [0.05, 0.1) is 6.61 Å². The van der Waals surface area contributed by atoms with Gasteiger partial charge in [-0.2, -0.15) is 0 Å². The highest BCUT2D eigenvalue weighted by Crippen LogP contribution is 1.91. The second-order valence-electron chi connectivity index (χ2n) is 1.95. The van der Waals surface area contributed by atoms with Gasteiger partial charge in [-0.3, -0.25) is 4.21 Å². The predicted molar refractivity (Wildman–Crippen MR) is 42.4 cm³/mol. The smallest absolute Gasteiger partial charge is 0.354 e. The van der Waals surface area contributed by atoms with E-state index in [2.05, 4.69) is 11.3 Å². The van der Waals surface area contributed by atoms with Gasteiger partial charge < -0.3 is 14.0 Å². The molecule has 0 heterocycles. The van der Waals surface area contributed by atoms with E-state index in [1.54, 1.807) is 4.72 Å². The third-order valence-electron chi connectivity index (χ3n) is 0.890. The van der Waals surface area contributed by atoms with Crippen molar-refractivity contribution in [3.8, 4) is 0 Å². The maximum atomic E-state index is 10.8. The van der Waals surface area contributed by atoms with Crippen molar-refractivity contribution in [1.82, 2.24) is 4.72 Å². The van der Waals surface area contributed by atoms with Gasteiger partial charge in [0, 0.05) is 11.3 Å². The Morgan fingerprint density at radius 2 is 2.33 bits per heavy atom. The summed E-state index contributed by atoms with van der Waals surface area (Å²) in [5.41, 5.74) is -0.281. The topological polar surface area (TPSA) is 78.5 Å². The van der Waals surface area contributed by atoms with Gasteiger partial charge in [0.15, 0.2) is 0 Å². The van der Waals surface area contributed by atoms with Crippen molar-refractivity contribution in [1.29, 1.82) is 0 Å². The van der Waals surface area contributed by atoms with E-state index in [9.17, 15) is 13.6 Å². The van der Waals surface area contributed by atoms with Crippen LogP contribution < -0.4 is 4.72 Å². The van der Waals surface area contributed by atoms with Crippen molar-refractivity contribution in [3.63, 3.8) is 0 Å². The van der Waals surface area contributed by atoms with Gasteiger partial charge in [-0.1, -0.05) is 13.5 Å². The molecule has 0 fully saturated rings. The highest BCUT2D eigenvalue weighted by Gasteiger charge is 2.06. The maximum Gasteiger partial charge on any atom is 0.354 e. The van der Waals surface area contributed by atoms with Gasteiger partial charge >= 0.3 is 5.97 Å². The number of carbonyl (C=O) groups is 1. The monoisotopic (exact) mass is 192 g/mol. The molecule has 0 spiro atoms. The van der Waals surface area contributed by atoms with Gasteiger partial charge in [-0.05, 0) is 6.42 Å². The number of hydrogen-bond acceptors (Lipinski definition) is 4. The standard InChI is InChI=1S/C6H11NO4S/c1-3-4-11-6(8)5(2)7-12(9)10/h7H,2-4H2,1H3,(H,9,10)/p-1. The summed E-state index contributed by atoms with van der Waals surface area (Å²) in [4.78, 5) is 10.8. The van der Waals surface area contributed by atoms with Crippen LogP contribution in [0.5, 0.6) is 0 Å². The fourth-order valence-electron chi connectivity index (χ4n) is 0.424. The number of ether oxygens (including phenoxy) is 1. The summed E-state index contributed by atoms with van der Waals surface area (Å²) in [5.74, 6) is -0.749. The van der Waals surface area contributed by atoms with Gasteiger partial charge in [-0.25, -0.2) is 4.79 Å². The SMILES string of the molecule is C=C(NS(=O)[O-])C(=O)OCCC. The van der Waals surface area contributed by atoms with E-state index in [4.69, 9.17) is 0 Å². The van der Waals surface area contributed by atoms with E-state index in [1.165, 1.54) is 0 Å². The molecule has 12 heavy (non-hydrogen) atoms. The van der Waals surface area contributed by atoms with Crippen LogP contribution in [0.3, 0.4) is 0 Å². The lowest BCUT2D eigenvalue weighted by atomic mass is 10.5. The fourth-order valence-corrected chi connectivity index (χ4v) is 0.709. The molecule has 0 aromatic carbocycles. The van der Waals surface area contributed by atoms with Crippen LogP contribution >= 0.6 is 0 Å². The molecule has 0 saturated heterocycles. The number of rotatable bonds is 5. The Morgan fingerprint density at radius 3 is 2.75 bits per heavy atom. The van der Waals surface area contributed by atoms with Crippen LogP contribution in [0.25, 0.3) is 0 Å². The van der Waals surface area contributed by atoms with E-state index in [0.29, 0.717) is 6.42 Å². The Bertz CT molecular complexity index is 204. The average Bonchev–Trinajstić information content (AvgIpc) is 1.98. The predicted octanol–water partition coefficient (Wildman–Crippen LogP) is -0.163. The molecular weight excluding hydrogens is 182 g/mol. The summed E-state index contributed by atoms with van der Waals surface area (Å²) in [7, 11) is 0. The number of nitrogens with one attached hydrogen (secondary N) is 1. The molecule has 5 nitrogen and oxygen atoms in total. The van der Waals surface area contributed by atoms with Crippen LogP contribution in [0, 0.1) is 0 Å². The molecule has 0 aliphatic carbocycles. The third-order valence-corrected chi connectivity index (χ3v) is 1.30. The van der Waals surface area contributed by atoms with Crippen LogP contribution in [0.2, 0.25) is 0 Å². The van der Waals surface area contributed by atoms with E-state index in [1.807, 2.05) is 6.92 Å². The Balaban J connectivity index is 3.77. The van der Waals surface area contributed by atoms with Crippen LogP contribution in [-0.4, -0.2) is 21.3 Å². The molecule has 0 aliphatic heterocycles.